The molecule has 112 valence electrons. The molecule has 0 bridgehead atoms. The molecule has 0 saturated heterocycles. The summed E-state index contributed by atoms with van der Waals surface area (Å²) in [7, 11) is -3.38. The lowest BCUT2D eigenvalue weighted by Crippen LogP contribution is -2.39. The molecule has 0 atom stereocenters. The smallest absolute Gasteiger partial charge is 0.207 e. The molecule has 0 fully saturated rings. The molecule has 0 aliphatic heterocycles. The van der Waals surface area contributed by atoms with Gasteiger partial charge >= 0.3 is 0 Å². The van der Waals surface area contributed by atoms with Crippen LogP contribution in [0.5, 0.6) is 0 Å². The number of fused-ring (bicyclic) bond motifs is 1. The molecule has 0 saturated carbocycles. The quantitative estimate of drug-likeness (QED) is 0.836. The molecule has 1 aliphatic rings. The van der Waals surface area contributed by atoms with E-state index in [1.165, 1.54) is 11.1 Å². The Morgan fingerprint density at radius 2 is 1.75 bits per heavy atom. The Morgan fingerprint density at radius 3 is 2.35 bits per heavy atom. The number of sulfonamides is 1. The van der Waals surface area contributed by atoms with E-state index in [2.05, 4.69) is 0 Å². The summed E-state index contributed by atoms with van der Waals surface area (Å²) in [6.45, 7) is 8.54. The molecule has 0 heterocycles. The summed E-state index contributed by atoms with van der Waals surface area (Å²) in [6.07, 6.45) is 3.22. The van der Waals surface area contributed by atoms with Gasteiger partial charge in [0.2, 0.25) is 10.0 Å². The van der Waals surface area contributed by atoms with Gasteiger partial charge in [-0.25, -0.2) is 8.42 Å². The van der Waals surface area contributed by atoms with Crippen molar-refractivity contribution in [3.05, 3.63) is 29.3 Å². The van der Waals surface area contributed by atoms with Crippen molar-refractivity contribution in [2.45, 2.75) is 57.9 Å². The number of nitrogens with zero attached hydrogens (tertiary/aromatic N) is 1. The summed E-state index contributed by atoms with van der Waals surface area (Å²) in [5, 5.41) is 0. The van der Waals surface area contributed by atoms with Crippen molar-refractivity contribution in [2.75, 3.05) is 6.54 Å². The van der Waals surface area contributed by atoms with Crippen LogP contribution in [0.15, 0.2) is 23.1 Å². The van der Waals surface area contributed by atoms with Crippen LogP contribution in [0.2, 0.25) is 0 Å². The lowest BCUT2D eigenvalue weighted by molar-refractivity contribution is 0.319. The van der Waals surface area contributed by atoms with E-state index in [1.807, 2.05) is 39.8 Å². The lowest BCUT2D eigenvalue weighted by Gasteiger charge is -2.27. The van der Waals surface area contributed by atoms with Crippen LogP contribution in [0.3, 0.4) is 0 Å². The number of hydrogen-bond donors (Lipinski definition) is 0. The summed E-state index contributed by atoms with van der Waals surface area (Å²) >= 11 is 0. The molecule has 0 radical (unpaired) electrons. The molecular formula is C16H25NO2S. The minimum atomic E-state index is -3.38. The van der Waals surface area contributed by atoms with E-state index in [-0.39, 0.29) is 6.04 Å². The first kappa shape index (κ1) is 15.5. The maximum absolute atomic E-state index is 12.8. The molecule has 0 aromatic heterocycles. The van der Waals surface area contributed by atoms with Crippen molar-refractivity contribution in [1.29, 1.82) is 0 Å². The van der Waals surface area contributed by atoms with Crippen molar-refractivity contribution in [2.24, 2.45) is 5.92 Å². The molecule has 0 amide bonds. The van der Waals surface area contributed by atoms with Gasteiger partial charge in [-0.05, 0) is 62.3 Å². The summed E-state index contributed by atoms with van der Waals surface area (Å²) in [5.41, 5.74) is 2.52. The van der Waals surface area contributed by atoms with E-state index in [0.29, 0.717) is 17.4 Å². The van der Waals surface area contributed by atoms with Crippen molar-refractivity contribution in [3.63, 3.8) is 0 Å². The molecule has 1 aromatic carbocycles. The lowest BCUT2D eigenvalue weighted by atomic mass is 10.1. The summed E-state index contributed by atoms with van der Waals surface area (Å²) in [4.78, 5) is 0.451. The predicted octanol–water partition coefficient (Wildman–Crippen LogP) is 3.23. The van der Waals surface area contributed by atoms with Crippen LogP contribution in [-0.2, 0) is 22.9 Å². The molecule has 2 rings (SSSR count). The topological polar surface area (TPSA) is 37.4 Å². The normalized spacial score (nSPS) is 15.3. The third-order valence-electron chi connectivity index (χ3n) is 3.80. The number of hydrogen-bond acceptors (Lipinski definition) is 2. The molecule has 0 unspecified atom stereocenters. The van der Waals surface area contributed by atoms with Crippen LogP contribution in [-0.4, -0.2) is 25.3 Å². The Bertz CT molecular complexity index is 576. The minimum absolute atomic E-state index is 0.0179. The van der Waals surface area contributed by atoms with E-state index < -0.39 is 10.0 Å². The van der Waals surface area contributed by atoms with Gasteiger partial charge in [0.15, 0.2) is 0 Å². The second kappa shape index (κ2) is 5.86. The first-order valence-corrected chi connectivity index (χ1v) is 8.90. The van der Waals surface area contributed by atoms with Crippen LogP contribution in [0.1, 0.15) is 45.2 Å². The Morgan fingerprint density at radius 1 is 1.10 bits per heavy atom. The maximum atomic E-state index is 12.8. The zero-order valence-electron chi connectivity index (χ0n) is 12.9. The third kappa shape index (κ3) is 3.07. The summed E-state index contributed by atoms with van der Waals surface area (Å²) in [5.74, 6) is 0.321. The van der Waals surface area contributed by atoms with Crippen LogP contribution < -0.4 is 0 Å². The summed E-state index contributed by atoms with van der Waals surface area (Å²) in [6, 6.07) is 5.63. The van der Waals surface area contributed by atoms with Gasteiger partial charge in [-0.15, -0.1) is 0 Å². The van der Waals surface area contributed by atoms with E-state index >= 15 is 0 Å². The van der Waals surface area contributed by atoms with Gasteiger partial charge in [0.05, 0.1) is 4.90 Å². The first-order chi connectivity index (χ1) is 9.32. The van der Waals surface area contributed by atoms with Gasteiger partial charge in [0.1, 0.15) is 0 Å². The average Bonchev–Trinajstić information content (AvgIpc) is 2.82. The molecule has 0 N–H and O–H groups in total. The molecule has 4 heteroatoms. The second-order valence-electron chi connectivity index (χ2n) is 6.35. The molecule has 1 aliphatic carbocycles. The van der Waals surface area contributed by atoms with Crippen LogP contribution in [0, 0.1) is 5.92 Å². The van der Waals surface area contributed by atoms with Crippen LogP contribution in [0.4, 0.5) is 0 Å². The fraction of sp³-hybridized carbons (Fsp3) is 0.625. The van der Waals surface area contributed by atoms with Gasteiger partial charge in [0.25, 0.3) is 0 Å². The SMILES string of the molecule is CC(C)CN(C(C)C)S(=O)(=O)c1ccc2c(c1)CCC2. The number of benzene rings is 1. The van der Waals surface area contributed by atoms with Crippen LogP contribution in [0.25, 0.3) is 0 Å². The zero-order valence-corrected chi connectivity index (χ0v) is 13.7. The highest BCUT2D eigenvalue weighted by Gasteiger charge is 2.28. The molecule has 20 heavy (non-hydrogen) atoms. The Balaban J connectivity index is 2.37. The third-order valence-corrected chi connectivity index (χ3v) is 5.84. The van der Waals surface area contributed by atoms with E-state index in [1.54, 1.807) is 10.4 Å². The minimum Gasteiger partial charge on any atom is -0.207 e. The molecule has 0 spiro atoms. The van der Waals surface area contributed by atoms with Crippen LogP contribution >= 0.6 is 0 Å². The average molecular weight is 295 g/mol. The highest BCUT2D eigenvalue weighted by atomic mass is 32.2. The van der Waals surface area contributed by atoms with Crippen molar-refractivity contribution < 1.29 is 8.42 Å². The van der Waals surface area contributed by atoms with Crippen molar-refractivity contribution in [1.82, 2.24) is 4.31 Å². The zero-order chi connectivity index (χ0) is 14.9. The Kier molecular flexibility index (Phi) is 4.55. The van der Waals surface area contributed by atoms with Crippen molar-refractivity contribution in [3.8, 4) is 0 Å². The largest absolute Gasteiger partial charge is 0.243 e. The van der Waals surface area contributed by atoms with Crippen molar-refractivity contribution >= 4 is 10.0 Å². The van der Waals surface area contributed by atoms with Gasteiger partial charge in [-0.1, -0.05) is 19.9 Å². The van der Waals surface area contributed by atoms with E-state index in [9.17, 15) is 8.42 Å². The molecule has 1 aromatic rings. The monoisotopic (exact) mass is 295 g/mol. The highest BCUT2D eigenvalue weighted by Crippen LogP contribution is 2.27. The fourth-order valence-corrected chi connectivity index (χ4v) is 4.64. The van der Waals surface area contributed by atoms with E-state index in [4.69, 9.17) is 0 Å². The molecule has 3 nitrogen and oxygen atoms in total. The van der Waals surface area contributed by atoms with Gasteiger partial charge in [-0.3, -0.25) is 0 Å². The Labute approximate surface area is 123 Å². The van der Waals surface area contributed by atoms with Gasteiger partial charge < -0.3 is 0 Å². The maximum Gasteiger partial charge on any atom is 0.243 e. The number of aryl methyl sites for hydroxylation is 2. The predicted molar refractivity (Wildman–Crippen MR) is 82.3 cm³/mol. The first-order valence-electron chi connectivity index (χ1n) is 7.46. The standard InChI is InChI=1S/C16H25NO2S/c1-12(2)11-17(13(3)4)20(18,19)16-9-8-14-6-5-7-15(14)10-16/h8-10,12-13H,5-7,11H2,1-4H3. The second-order valence-corrected chi connectivity index (χ2v) is 8.24. The van der Waals surface area contributed by atoms with Gasteiger partial charge in [0, 0.05) is 12.6 Å². The Hall–Kier alpha value is -0.870. The summed E-state index contributed by atoms with van der Waals surface area (Å²) < 4.78 is 27.3. The molecular weight excluding hydrogens is 270 g/mol. The van der Waals surface area contributed by atoms with Gasteiger partial charge in [-0.2, -0.15) is 4.31 Å². The van der Waals surface area contributed by atoms with E-state index in [0.717, 1.165) is 19.3 Å². The number of rotatable bonds is 5. The fourth-order valence-electron chi connectivity index (χ4n) is 2.79. The highest BCUT2D eigenvalue weighted by molar-refractivity contribution is 7.89.